The summed E-state index contributed by atoms with van der Waals surface area (Å²) in [6.07, 6.45) is 6.32. The fourth-order valence-electron chi connectivity index (χ4n) is 1.84. The fraction of sp³-hybridized carbons (Fsp3) is 0.0625. The molecule has 0 aliphatic rings. The van der Waals surface area contributed by atoms with E-state index in [4.69, 9.17) is 9.15 Å². The van der Waals surface area contributed by atoms with Crippen molar-refractivity contribution in [1.29, 1.82) is 0 Å². The molecule has 6 nitrogen and oxygen atoms in total. The minimum atomic E-state index is -0.289. The molecule has 3 aromatic heterocycles. The van der Waals surface area contributed by atoms with Gasteiger partial charge in [-0.05, 0) is 36.4 Å². The van der Waals surface area contributed by atoms with E-state index >= 15 is 0 Å². The molecule has 0 saturated heterocycles. The second-order valence-electron chi connectivity index (χ2n) is 4.41. The second kappa shape index (κ2) is 6.53. The van der Waals surface area contributed by atoms with Gasteiger partial charge in [0.2, 0.25) is 5.88 Å². The number of hydrogen-bond donors (Lipinski definition) is 1. The van der Waals surface area contributed by atoms with Crippen molar-refractivity contribution < 1.29 is 13.9 Å². The Balaban J connectivity index is 1.74. The molecule has 0 aliphatic carbocycles. The first-order valence-corrected chi connectivity index (χ1v) is 6.66. The first-order valence-electron chi connectivity index (χ1n) is 6.66. The van der Waals surface area contributed by atoms with Crippen LogP contribution in [0.25, 0.3) is 0 Å². The lowest BCUT2D eigenvalue weighted by atomic mass is 10.2. The van der Waals surface area contributed by atoms with Crippen LogP contribution in [0.2, 0.25) is 0 Å². The first-order chi connectivity index (χ1) is 10.8. The van der Waals surface area contributed by atoms with E-state index in [-0.39, 0.29) is 11.8 Å². The number of carbonyl (C=O) groups is 1. The van der Waals surface area contributed by atoms with Gasteiger partial charge in [0.05, 0.1) is 19.0 Å². The summed E-state index contributed by atoms with van der Waals surface area (Å²) >= 11 is 0. The first kappa shape index (κ1) is 13.8. The molecule has 1 amide bonds. The third-order valence-corrected chi connectivity index (χ3v) is 2.87. The third-order valence-electron chi connectivity index (χ3n) is 2.87. The van der Waals surface area contributed by atoms with Crippen LogP contribution in [0.5, 0.6) is 11.6 Å². The molecule has 0 radical (unpaired) electrons. The quantitative estimate of drug-likeness (QED) is 0.783. The van der Waals surface area contributed by atoms with Crippen molar-refractivity contribution in [1.82, 2.24) is 15.3 Å². The van der Waals surface area contributed by atoms with Crippen LogP contribution in [-0.4, -0.2) is 15.9 Å². The van der Waals surface area contributed by atoms with Gasteiger partial charge in [0, 0.05) is 12.4 Å². The lowest BCUT2D eigenvalue weighted by Gasteiger charge is -2.09. The summed E-state index contributed by atoms with van der Waals surface area (Å²) in [7, 11) is 0. The van der Waals surface area contributed by atoms with E-state index in [0.717, 1.165) is 0 Å². The van der Waals surface area contributed by atoms with Crippen LogP contribution < -0.4 is 10.1 Å². The summed E-state index contributed by atoms with van der Waals surface area (Å²) in [6, 6.07) is 10.4. The molecule has 0 aliphatic heterocycles. The Morgan fingerprint density at radius 2 is 2.09 bits per heavy atom. The number of ether oxygens (including phenoxy) is 1. The molecule has 0 atom stereocenters. The van der Waals surface area contributed by atoms with Crippen LogP contribution in [0.1, 0.15) is 16.1 Å². The fourth-order valence-corrected chi connectivity index (χ4v) is 1.84. The van der Waals surface area contributed by atoms with Crippen LogP contribution >= 0.6 is 0 Å². The van der Waals surface area contributed by atoms with Crippen molar-refractivity contribution in [2.75, 3.05) is 0 Å². The van der Waals surface area contributed by atoms with Crippen LogP contribution in [0.3, 0.4) is 0 Å². The number of amides is 1. The Hall–Kier alpha value is -3.15. The number of pyridine rings is 2. The van der Waals surface area contributed by atoms with Crippen molar-refractivity contribution in [2.45, 2.75) is 6.54 Å². The van der Waals surface area contributed by atoms with Crippen LogP contribution in [0, 0.1) is 0 Å². The predicted octanol–water partition coefficient (Wildman–Crippen LogP) is 2.79. The average molecular weight is 295 g/mol. The number of nitrogens with one attached hydrogen (secondary N) is 1. The topological polar surface area (TPSA) is 77.2 Å². The molecule has 0 unspecified atom stereocenters. The van der Waals surface area contributed by atoms with E-state index in [1.165, 1.54) is 0 Å². The Morgan fingerprint density at radius 1 is 1.18 bits per heavy atom. The van der Waals surface area contributed by atoms with Crippen LogP contribution in [0.15, 0.2) is 65.7 Å². The molecule has 3 rings (SSSR count). The highest BCUT2D eigenvalue weighted by Gasteiger charge is 2.14. The average Bonchev–Trinajstić information content (AvgIpc) is 3.08. The summed E-state index contributed by atoms with van der Waals surface area (Å²) in [5.41, 5.74) is 0.345. The summed E-state index contributed by atoms with van der Waals surface area (Å²) in [4.78, 5) is 20.3. The van der Waals surface area contributed by atoms with Crippen molar-refractivity contribution >= 4 is 5.91 Å². The number of rotatable bonds is 5. The number of carbonyl (C=O) groups excluding carboxylic acids is 1. The van der Waals surface area contributed by atoms with Crippen LogP contribution in [-0.2, 0) is 6.54 Å². The van der Waals surface area contributed by atoms with Gasteiger partial charge in [-0.15, -0.1) is 0 Å². The normalized spacial score (nSPS) is 10.2. The molecule has 0 saturated carbocycles. The van der Waals surface area contributed by atoms with Gasteiger partial charge in [0.15, 0.2) is 0 Å². The summed E-state index contributed by atoms with van der Waals surface area (Å²) in [5.74, 6) is 1.13. The summed E-state index contributed by atoms with van der Waals surface area (Å²) in [5, 5.41) is 2.76. The van der Waals surface area contributed by atoms with Gasteiger partial charge in [-0.1, -0.05) is 0 Å². The molecule has 0 aromatic carbocycles. The van der Waals surface area contributed by atoms with Crippen molar-refractivity contribution in [3.63, 3.8) is 0 Å². The zero-order valence-corrected chi connectivity index (χ0v) is 11.6. The largest absolute Gasteiger partial charge is 0.467 e. The maximum atomic E-state index is 12.3. The minimum Gasteiger partial charge on any atom is -0.467 e. The molecule has 0 spiro atoms. The van der Waals surface area contributed by atoms with Gasteiger partial charge in [0.1, 0.15) is 17.1 Å². The number of furan rings is 1. The van der Waals surface area contributed by atoms with Gasteiger partial charge < -0.3 is 14.5 Å². The molecule has 110 valence electrons. The Morgan fingerprint density at radius 3 is 2.86 bits per heavy atom. The van der Waals surface area contributed by atoms with E-state index in [1.54, 1.807) is 61.3 Å². The van der Waals surface area contributed by atoms with Gasteiger partial charge in [0.25, 0.3) is 5.91 Å². The van der Waals surface area contributed by atoms with Gasteiger partial charge in [-0.2, -0.15) is 0 Å². The zero-order chi connectivity index (χ0) is 15.2. The Kier molecular flexibility index (Phi) is 4.10. The maximum Gasteiger partial charge on any atom is 0.257 e. The van der Waals surface area contributed by atoms with E-state index in [9.17, 15) is 4.79 Å². The number of nitrogens with zero attached hydrogens (tertiary/aromatic N) is 2. The Labute approximate surface area is 126 Å². The Bertz CT molecular complexity index is 742. The van der Waals surface area contributed by atoms with Gasteiger partial charge in [-0.3, -0.25) is 9.78 Å². The van der Waals surface area contributed by atoms with Crippen molar-refractivity contribution in [3.05, 3.63) is 72.6 Å². The van der Waals surface area contributed by atoms with E-state index < -0.39 is 0 Å². The SMILES string of the molecule is O=C(NCc1ccco1)c1cccnc1Oc1cccnc1. The molecule has 3 heterocycles. The molecule has 1 N–H and O–H groups in total. The zero-order valence-electron chi connectivity index (χ0n) is 11.6. The van der Waals surface area contributed by atoms with Crippen molar-refractivity contribution in [2.24, 2.45) is 0 Å². The highest BCUT2D eigenvalue weighted by atomic mass is 16.5. The van der Waals surface area contributed by atoms with Gasteiger partial charge in [-0.25, -0.2) is 4.98 Å². The molecular weight excluding hydrogens is 282 g/mol. The molecule has 6 heteroatoms. The van der Waals surface area contributed by atoms with E-state index in [2.05, 4.69) is 15.3 Å². The number of hydrogen-bond acceptors (Lipinski definition) is 5. The van der Waals surface area contributed by atoms with Gasteiger partial charge >= 0.3 is 0 Å². The van der Waals surface area contributed by atoms with E-state index in [0.29, 0.717) is 23.6 Å². The molecule has 0 bridgehead atoms. The second-order valence-corrected chi connectivity index (χ2v) is 4.41. The molecular formula is C16H13N3O3. The van der Waals surface area contributed by atoms with Crippen molar-refractivity contribution in [3.8, 4) is 11.6 Å². The van der Waals surface area contributed by atoms with E-state index in [1.807, 2.05) is 0 Å². The minimum absolute atomic E-state index is 0.229. The smallest absolute Gasteiger partial charge is 0.257 e. The number of aromatic nitrogens is 2. The lowest BCUT2D eigenvalue weighted by molar-refractivity contribution is 0.0945. The molecule has 0 fully saturated rings. The third kappa shape index (κ3) is 3.29. The highest BCUT2D eigenvalue weighted by Crippen LogP contribution is 2.21. The van der Waals surface area contributed by atoms with Crippen LogP contribution in [0.4, 0.5) is 0 Å². The highest BCUT2D eigenvalue weighted by molar-refractivity contribution is 5.96. The lowest BCUT2D eigenvalue weighted by Crippen LogP contribution is -2.23. The summed E-state index contributed by atoms with van der Waals surface area (Å²) < 4.78 is 10.8. The molecule has 22 heavy (non-hydrogen) atoms. The standard InChI is InChI=1S/C16H13N3O3/c20-15(19-11-12-5-3-9-21-12)14-6-2-8-18-16(14)22-13-4-1-7-17-10-13/h1-10H,11H2,(H,19,20). The summed E-state index contributed by atoms with van der Waals surface area (Å²) in [6.45, 7) is 0.299. The monoisotopic (exact) mass is 295 g/mol. The predicted molar refractivity (Wildman–Crippen MR) is 78.4 cm³/mol. The maximum absolute atomic E-state index is 12.3. The molecule has 3 aromatic rings.